The number of hydrogen-bond acceptors (Lipinski definition) is 6. The van der Waals surface area contributed by atoms with E-state index in [1.165, 1.54) is 16.4 Å². The highest BCUT2D eigenvalue weighted by Crippen LogP contribution is 2.35. The molecule has 1 amide bonds. The Kier molecular flexibility index (Phi) is 6.09. The topological polar surface area (TPSA) is 110 Å². The van der Waals surface area contributed by atoms with Gasteiger partial charge in [-0.1, -0.05) is 24.3 Å². The molecular weight excluding hydrogens is 428 g/mol. The highest BCUT2D eigenvalue weighted by molar-refractivity contribution is 7.92. The molecule has 2 aromatic carbocycles. The third-order valence-electron chi connectivity index (χ3n) is 4.89. The molecule has 0 bridgehead atoms. The lowest BCUT2D eigenvalue weighted by atomic mass is 10.1. The fourth-order valence-corrected chi connectivity index (χ4v) is 4.91. The van der Waals surface area contributed by atoms with Crippen LogP contribution in [0.2, 0.25) is 0 Å². The predicted molar refractivity (Wildman–Crippen MR) is 114 cm³/mol. The van der Waals surface area contributed by atoms with Crippen molar-refractivity contribution in [3.63, 3.8) is 0 Å². The summed E-state index contributed by atoms with van der Waals surface area (Å²) in [6.45, 7) is 3.17. The standard InChI is InChI=1S/C20H24N2O6S2/c1-4-30(26,27)22-13-19(28-18-8-6-5-7-17(18)22)20(23)21-14(2)15-9-11-16(12-10-15)29(3,24)25/h5-12,14,19H,4,13H2,1-3H3,(H,21,23). The Bertz CT molecular complexity index is 1140. The molecule has 0 radical (unpaired) electrons. The number of sulfonamides is 1. The Labute approximate surface area is 176 Å². The van der Waals surface area contributed by atoms with Gasteiger partial charge in [0.15, 0.2) is 15.9 Å². The first-order chi connectivity index (χ1) is 14.0. The molecular formula is C20H24N2O6S2. The fraction of sp³-hybridized carbons (Fsp3) is 0.350. The van der Waals surface area contributed by atoms with Crippen LogP contribution in [0.1, 0.15) is 25.5 Å². The van der Waals surface area contributed by atoms with Crippen molar-refractivity contribution in [2.75, 3.05) is 22.9 Å². The van der Waals surface area contributed by atoms with Crippen LogP contribution in [0.4, 0.5) is 5.69 Å². The van der Waals surface area contributed by atoms with Crippen LogP contribution in [0.3, 0.4) is 0 Å². The van der Waals surface area contributed by atoms with E-state index in [2.05, 4.69) is 5.32 Å². The Morgan fingerprint density at radius 1 is 1.13 bits per heavy atom. The Hall–Kier alpha value is -2.59. The lowest BCUT2D eigenvalue weighted by molar-refractivity contribution is -0.128. The van der Waals surface area contributed by atoms with E-state index >= 15 is 0 Å². The van der Waals surface area contributed by atoms with Crippen molar-refractivity contribution in [1.29, 1.82) is 0 Å². The van der Waals surface area contributed by atoms with Gasteiger partial charge in [-0.2, -0.15) is 0 Å². The van der Waals surface area contributed by atoms with Crippen LogP contribution >= 0.6 is 0 Å². The summed E-state index contributed by atoms with van der Waals surface area (Å²) in [5.41, 5.74) is 1.12. The maximum Gasteiger partial charge on any atom is 0.263 e. The van der Waals surface area contributed by atoms with Crippen molar-refractivity contribution in [2.24, 2.45) is 0 Å². The van der Waals surface area contributed by atoms with Crippen LogP contribution in [0.25, 0.3) is 0 Å². The lowest BCUT2D eigenvalue weighted by Crippen LogP contribution is -2.51. The van der Waals surface area contributed by atoms with Gasteiger partial charge in [-0.15, -0.1) is 0 Å². The Morgan fingerprint density at radius 2 is 1.77 bits per heavy atom. The second-order valence-corrected chi connectivity index (χ2v) is 11.3. The third kappa shape index (κ3) is 4.59. The minimum absolute atomic E-state index is 0.0985. The SMILES string of the molecule is CCS(=O)(=O)N1CC(C(=O)NC(C)c2ccc(S(C)(=O)=O)cc2)Oc2ccccc21. The first-order valence-electron chi connectivity index (χ1n) is 9.39. The van der Waals surface area contributed by atoms with Crippen molar-refractivity contribution >= 4 is 31.5 Å². The molecule has 162 valence electrons. The zero-order chi connectivity index (χ0) is 22.1. The number of hydrogen-bond donors (Lipinski definition) is 1. The van der Waals surface area contributed by atoms with Crippen molar-refractivity contribution < 1.29 is 26.4 Å². The molecule has 10 heteroatoms. The van der Waals surface area contributed by atoms with Crippen LogP contribution in [0.15, 0.2) is 53.4 Å². The Balaban J connectivity index is 1.78. The van der Waals surface area contributed by atoms with Gasteiger partial charge in [-0.25, -0.2) is 16.8 Å². The lowest BCUT2D eigenvalue weighted by Gasteiger charge is -2.35. The van der Waals surface area contributed by atoms with E-state index in [4.69, 9.17) is 4.74 Å². The van der Waals surface area contributed by atoms with Gasteiger partial charge in [-0.05, 0) is 43.7 Å². The van der Waals surface area contributed by atoms with Crippen molar-refractivity contribution in [3.8, 4) is 5.75 Å². The highest BCUT2D eigenvalue weighted by atomic mass is 32.2. The minimum Gasteiger partial charge on any atom is -0.476 e. The quantitative estimate of drug-likeness (QED) is 0.717. The molecule has 0 saturated carbocycles. The van der Waals surface area contributed by atoms with Crippen LogP contribution in [-0.4, -0.2) is 47.4 Å². The molecule has 1 aliphatic rings. The third-order valence-corrected chi connectivity index (χ3v) is 7.77. The average molecular weight is 453 g/mol. The van der Waals surface area contributed by atoms with Crippen molar-refractivity contribution in [1.82, 2.24) is 5.32 Å². The zero-order valence-electron chi connectivity index (χ0n) is 16.9. The van der Waals surface area contributed by atoms with Gasteiger partial charge >= 0.3 is 0 Å². The molecule has 2 atom stereocenters. The molecule has 2 unspecified atom stereocenters. The van der Waals surface area contributed by atoms with Crippen molar-refractivity contribution in [3.05, 3.63) is 54.1 Å². The summed E-state index contributed by atoms with van der Waals surface area (Å²) in [5, 5.41) is 2.81. The van der Waals surface area contributed by atoms with E-state index in [1.807, 2.05) is 0 Å². The van der Waals surface area contributed by atoms with Crippen molar-refractivity contribution in [2.45, 2.75) is 30.9 Å². The summed E-state index contributed by atoms with van der Waals surface area (Å²) in [6.07, 6.45) is 0.112. The van der Waals surface area contributed by atoms with Gasteiger partial charge in [0.1, 0.15) is 5.75 Å². The molecule has 0 fully saturated rings. The van der Waals surface area contributed by atoms with Gasteiger partial charge in [0, 0.05) is 6.26 Å². The molecule has 0 spiro atoms. The van der Waals surface area contributed by atoms with Crippen LogP contribution < -0.4 is 14.4 Å². The maximum absolute atomic E-state index is 12.8. The number of nitrogens with zero attached hydrogens (tertiary/aromatic N) is 1. The summed E-state index contributed by atoms with van der Waals surface area (Å²) < 4.78 is 55.2. The number of para-hydroxylation sites is 2. The number of nitrogens with one attached hydrogen (secondary N) is 1. The number of sulfone groups is 1. The number of carbonyl (C=O) groups excluding carboxylic acids is 1. The second-order valence-electron chi connectivity index (χ2n) is 7.08. The maximum atomic E-state index is 12.8. The number of ether oxygens (including phenoxy) is 1. The van der Waals surface area contributed by atoms with Gasteiger partial charge in [-0.3, -0.25) is 9.10 Å². The zero-order valence-corrected chi connectivity index (χ0v) is 18.5. The number of amides is 1. The summed E-state index contributed by atoms with van der Waals surface area (Å²) in [6, 6.07) is 12.5. The number of rotatable bonds is 6. The van der Waals surface area contributed by atoms with E-state index in [-0.39, 0.29) is 17.2 Å². The molecule has 1 aliphatic heterocycles. The van der Waals surface area contributed by atoms with E-state index in [0.717, 1.165) is 6.26 Å². The van der Waals surface area contributed by atoms with Gasteiger partial charge in [0.25, 0.3) is 5.91 Å². The number of benzene rings is 2. The molecule has 8 nitrogen and oxygen atoms in total. The fourth-order valence-electron chi connectivity index (χ4n) is 3.15. The molecule has 0 aliphatic carbocycles. The van der Waals surface area contributed by atoms with E-state index in [0.29, 0.717) is 17.0 Å². The van der Waals surface area contributed by atoms with Crippen LogP contribution in [0, 0.1) is 0 Å². The minimum atomic E-state index is -3.58. The number of carbonyl (C=O) groups is 1. The Morgan fingerprint density at radius 3 is 2.37 bits per heavy atom. The predicted octanol–water partition coefficient (Wildman–Crippen LogP) is 1.88. The molecule has 0 saturated heterocycles. The summed E-state index contributed by atoms with van der Waals surface area (Å²) in [4.78, 5) is 13.0. The summed E-state index contributed by atoms with van der Waals surface area (Å²) in [5.74, 6) is -0.231. The summed E-state index contributed by atoms with van der Waals surface area (Å²) in [7, 11) is -6.89. The van der Waals surface area contributed by atoms with Gasteiger partial charge in [0.05, 0.1) is 28.9 Å². The van der Waals surface area contributed by atoms with E-state index in [9.17, 15) is 21.6 Å². The second kappa shape index (κ2) is 8.27. The number of anilines is 1. The summed E-state index contributed by atoms with van der Waals surface area (Å²) >= 11 is 0. The highest BCUT2D eigenvalue weighted by Gasteiger charge is 2.36. The van der Waals surface area contributed by atoms with Gasteiger partial charge < -0.3 is 10.1 Å². The van der Waals surface area contributed by atoms with E-state index < -0.39 is 37.9 Å². The molecule has 0 aromatic heterocycles. The van der Waals surface area contributed by atoms with Crippen LogP contribution in [0.5, 0.6) is 5.75 Å². The molecule has 2 aromatic rings. The first kappa shape index (κ1) is 22.1. The number of fused-ring (bicyclic) bond motifs is 1. The molecule has 3 rings (SSSR count). The largest absolute Gasteiger partial charge is 0.476 e. The van der Waals surface area contributed by atoms with Crippen LogP contribution in [-0.2, 0) is 24.7 Å². The molecule has 1 N–H and O–H groups in total. The normalized spacial score (nSPS) is 17.6. The molecule has 30 heavy (non-hydrogen) atoms. The average Bonchev–Trinajstić information content (AvgIpc) is 2.72. The molecule has 1 heterocycles. The smallest absolute Gasteiger partial charge is 0.263 e. The van der Waals surface area contributed by atoms with E-state index in [1.54, 1.807) is 50.2 Å². The monoisotopic (exact) mass is 452 g/mol. The van der Waals surface area contributed by atoms with Gasteiger partial charge in [0.2, 0.25) is 10.0 Å². The first-order valence-corrected chi connectivity index (χ1v) is 12.9.